The predicted octanol–water partition coefficient (Wildman–Crippen LogP) is 5.47. The zero-order valence-corrected chi connectivity index (χ0v) is 15.8. The number of carbonyl (C=O) groups excluding carboxylic acids is 1. The Bertz CT molecular complexity index is 343. The van der Waals surface area contributed by atoms with E-state index in [4.69, 9.17) is 4.74 Å². The van der Waals surface area contributed by atoms with Gasteiger partial charge in [0.1, 0.15) is 0 Å². The van der Waals surface area contributed by atoms with E-state index in [1.807, 2.05) is 0 Å². The topological polar surface area (TPSA) is 69.4 Å². The van der Waals surface area contributed by atoms with Crippen molar-refractivity contribution in [2.75, 3.05) is 6.61 Å². The fourth-order valence-corrected chi connectivity index (χ4v) is 3.57. The highest BCUT2D eigenvalue weighted by molar-refractivity contribution is 5.55. The van der Waals surface area contributed by atoms with Gasteiger partial charge in [-0.15, -0.1) is 0 Å². The third-order valence-corrected chi connectivity index (χ3v) is 5.23. The molecular formula is C20H37NO4. The van der Waals surface area contributed by atoms with Crippen LogP contribution >= 0.6 is 0 Å². The molecular weight excluding hydrogens is 318 g/mol. The minimum absolute atomic E-state index is 0.388. The highest BCUT2D eigenvalue weighted by Crippen LogP contribution is 2.20. The summed E-state index contributed by atoms with van der Waals surface area (Å²) in [5, 5.41) is 10.5. The average Bonchev–Trinajstić information content (AvgIpc) is 2.62. The molecule has 25 heavy (non-hydrogen) atoms. The lowest BCUT2D eigenvalue weighted by atomic mass is 9.98. The summed E-state index contributed by atoms with van der Waals surface area (Å²) in [5.41, 5.74) is 0. The van der Waals surface area contributed by atoms with Crippen molar-refractivity contribution in [3.8, 4) is 0 Å². The lowest BCUT2D eigenvalue weighted by Gasteiger charge is -2.21. The molecule has 5 heteroatoms. The Morgan fingerprint density at radius 3 is 1.92 bits per heavy atom. The summed E-state index contributed by atoms with van der Waals surface area (Å²) in [6.07, 6.45) is 19.7. The molecule has 0 bridgehead atoms. The molecule has 0 spiro atoms. The van der Waals surface area contributed by atoms with Crippen LogP contribution in [0.15, 0.2) is 0 Å². The normalized spacial score (nSPS) is 16.6. The molecule has 1 fully saturated rings. The van der Waals surface area contributed by atoms with Gasteiger partial charge in [-0.05, 0) is 25.7 Å². The van der Waals surface area contributed by atoms with Gasteiger partial charge in [-0.1, -0.05) is 70.6 Å². The van der Waals surface area contributed by atoms with Crippen LogP contribution in [0, 0.1) is 10.1 Å². The van der Waals surface area contributed by atoms with E-state index in [9.17, 15) is 14.9 Å². The average molecular weight is 356 g/mol. The molecule has 0 radical (unpaired) electrons. The highest BCUT2D eigenvalue weighted by atomic mass is 16.6. The lowest BCUT2D eigenvalue weighted by molar-refractivity contribution is -0.506. The number of hydrogen-bond acceptors (Lipinski definition) is 4. The van der Waals surface area contributed by atoms with Crippen molar-refractivity contribution >= 4 is 6.29 Å². The first-order chi connectivity index (χ1) is 12.2. The molecule has 1 atom stereocenters. The van der Waals surface area contributed by atoms with Crippen molar-refractivity contribution in [2.24, 2.45) is 0 Å². The van der Waals surface area contributed by atoms with Crippen LogP contribution in [0.25, 0.3) is 0 Å². The summed E-state index contributed by atoms with van der Waals surface area (Å²) in [5.74, 6) is 0. The van der Waals surface area contributed by atoms with E-state index in [2.05, 4.69) is 0 Å². The minimum Gasteiger partial charge on any atom is -0.378 e. The van der Waals surface area contributed by atoms with Gasteiger partial charge in [0.25, 0.3) is 6.04 Å². The van der Waals surface area contributed by atoms with Crippen molar-refractivity contribution < 1.29 is 14.5 Å². The maximum absolute atomic E-state index is 10.5. The Morgan fingerprint density at radius 2 is 1.40 bits per heavy atom. The van der Waals surface area contributed by atoms with Gasteiger partial charge in [0.15, 0.2) is 6.29 Å². The zero-order valence-electron chi connectivity index (χ0n) is 15.8. The second-order valence-corrected chi connectivity index (χ2v) is 7.44. The van der Waals surface area contributed by atoms with Gasteiger partial charge in [-0.2, -0.15) is 0 Å². The largest absolute Gasteiger partial charge is 0.378 e. The first kappa shape index (κ1) is 22.1. The third-order valence-electron chi connectivity index (χ3n) is 5.23. The van der Waals surface area contributed by atoms with Gasteiger partial charge in [0.2, 0.25) is 0 Å². The van der Waals surface area contributed by atoms with Crippen LogP contribution in [0.5, 0.6) is 0 Å². The molecule has 1 rings (SSSR count). The number of aldehydes is 1. The molecule has 5 nitrogen and oxygen atoms in total. The molecule has 0 aromatic heterocycles. The van der Waals surface area contributed by atoms with Crippen LogP contribution in [-0.4, -0.2) is 30.0 Å². The first-order valence-corrected chi connectivity index (χ1v) is 10.4. The van der Waals surface area contributed by atoms with Gasteiger partial charge < -0.3 is 4.74 Å². The van der Waals surface area contributed by atoms with E-state index in [0.717, 1.165) is 25.9 Å². The Hall–Kier alpha value is -0.970. The van der Waals surface area contributed by atoms with Crippen LogP contribution in [0.1, 0.15) is 103 Å². The van der Waals surface area contributed by atoms with Crippen LogP contribution in [0.4, 0.5) is 0 Å². The number of rotatable bonds is 16. The second kappa shape index (κ2) is 15.3. The molecule has 0 heterocycles. The van der Waals surface area contributed by atoms with Crippen LogP contribution in [0.2, 0.25) is 0 Å². The highest BCUT2D eigenvalue weighted by Gasteiger charge is 2.17. The second-order valence-electron chi connectivity index (χ2n) is 7.44. The maximum Gasteiger partial charge on any atom is 0.267 e. The fraction of sp³-hybridized carbons (Fsp3) is 0.950. The van der Waals surface area contributed by atoms with E-state index in [1.54, 1.807) is 0 Å². The Balaban J connectivity index is 1.75. The smallest absolute Gasteiger partial charge is 0.267 e. The maximum atomic E-state index is 10.5. The monoisotopic (exact) mass is 355 g/mol. The molecule has 0 aromatic rings. The molecule has 0 aliphatic heterocycles. The first-order valence-electron chi connectivity index (χ1n) is 10.4. The van der Waals surface area contributed by atoms with Crippen molar-refractivity contribution in [3.05, 3.63) is 10.1 Å². The quantitative estimate of drug-likeness (QED) is 0.159. The summed E-state index contributed by atoms with van der Waals surface area (Å²) in [6.45, 7) is 0.941. The zero-order chi connectivity index (χ0) is 18.2. The molecule has 1 aliphatic carbocycles. The van der Waals surface area contributed by atoms with Crippen molar-refractivity contribution in [1.82, 2.24) is 0 Å². The molecule has 0 N–H and O–H groups in total. The van der Waals surface area contributed by atoms with Gasteiger partial charge in [-0.25, -0.2) is 0 Å². The summed E-state index contributed by atoms with van der Waals surface area (Å²) < 4.78 is 5.94. The van der Waals surface area contributed by atoms with Crippen LogP contribution < -0.4 is 0 Å². The Labute approximate surface area is 153 Å². The van der Waals surface area contributed by atoms with Gasteiger partial charge in [0.05, 0.1) is 6.10 Å². The molecule has 0 amide bonds. The lowest BCUT2D eigenvalue weighted by Crippen LogP contribution is -2.20. The minimum atomic E-state index is -0.998. The summed E-state index contributed by atoms with van der Waals surface area (Å²) in [4.78, 5) is 20.5. The number of unbranched alkanes of at least 4 members (excludes halogenated alkanes) is 9. The number of carbonyl (C=O) groups is 1. The van der Waals surface area contributed by atoms with E-state index < -0.39 is 11.0 Å². The molecule has 0 aromatic carbocycles. The summed E-state index contributed by atoms with van der Waals surface area (Å²) in [6, 6.07) is -0.998. The van der Waals surface area contributed by atoms with E-state index in [0.29, 0.717) is 18.8 Å². The molecule has 146 valence electrons. The number of nitro groups is 1. The SMILES string of the molecule is O=CC(CCCCCCCCCCCCOC1CCCCC1)[N+](=O)[O-]. The van der Waals surface area contributed by atoms with Gasteiger partial charge in [-0.3, -0.25) is 14.9 Å². The standard InChI is InChI=1S/C20H37NO4/c22-18-19(21(23)24)14-10-7-5-3-1-2-4-6-8-13-17-25-20-15-11-9-12-16-20/h18-20H,1-17H2. The van der Waals surface area contributed by atoms with Crippen molar-refractivity contribution in [2.45, 2.75) is 115 Å². The summed E-state index contributed by atoms with van der Waals surface area (Å²) in [7, 11) is 0. The van der Waals surface area contributed by atoms with E-state index in [-0.39, 0.29) is 0 Å². The predicted molar refractivity (Wildman–Crippen MR) is 100 cm³/mol. The van der Waals surface area contributed by atoms with Gasteiger partial charge in [0, 0.05) is 18.0 Å². The van der Waals surface area contributed by atoms with E-state index >= 15 is 0 Å². The van der Waals surface area contributed by atoms with Gasteiger partial charge >= 0.3 is 0 Å². The third kappa shape index (κ3) is 12.1. The molecule has 1 unspecified atom stereocenters. The van der Waals surface area contributed by atoms with Crippen molar-refractivity contribution in [1.29, 1.82) is 0 Å². The van der Waals surface area contributed by atoms with Crippen LogP contribution in [-0.2, 0) is 9.53 Å². The number of hydrogen-bond donors (Lipinski definition) is 0. The molecule has 1 aliphatic rings. The summed E-state index contributed by atoms with van der Waals surface area (Å²) >= 11 is 0. The molecule has 1 saturated carbocycles. The van der Waals surface area contributed by atoms with E-state index in [1.165, 1.54) is 77.0 Å². The fourth-order valence-electron chi connectivity index (χ4n) is 3.57. The Morgan fingerprint density at radius 1 is 0.880 bits per heavy atom. The van der Waals surface area contributed by atoms with Crippen LogP contribution in [0.3, 0.4) is 0 Å². The number of ether oxygens (including phenoxy) is 1. The Kier molecular flexibility index (Phi) is 13.5. The molecule has 0 saturated heterocycles. The van der Waals surface area contributed by atoms with Crippen molar-refractivity contribution in [3.63, 3.8) is 0 Å². The number of nitrogens with zero attached hydrogens (tertiary/aromatic N) is 1.